The fraction of sp³-hybridized carbons (Fsp3) is 0.583. The lowest BCUT2D eigenvalue weighted by Crippen LogP contribution is -2.53. The number of nitrogens with one attached hydrogen (secondary N) is 1. The van der Waals surface area contributed by atoms with E-state index in [4.69, 9.17) is 5.10 Å². The highest BCUT2D eigenvalue weighted by Gasteiger charge is 2.54. The van der Waals surface area contributed by atoms with Crippen LogP contribution in [0.3, 0.4) is 0 Å². The quantitative estimate of drug-likeness (QED) is 0.871. The largest absolute Gasteiger partial charge is 0.350 e. The van der Waals surface area contributed by atoms with Gasteiger partial charge >= 0.3 is 0 Å². The van der Waals surface area contributed by atoms with Crippen molar-refractivity contribution < 1.29 is 4.79 Å². The van der Waals surface area contributed by atoms with Gasteiger partial charge in [-0.25, -0.2) is 4.68 Å². The summed E-state index contributed by atoms with van der Waals surface area (Å²) in [5.41, 5.74) is 4.84. The van der Waals surface area contributed by atoms with Crippen LogP contribution in [0.5, 0.6) is 0 Å². The van der Waals surface area contributed by atoms with Crippen LogP contribution in [0.2, 0.25) is 0 Å². The normalized spacial score (nSPS) is 32.5. The smallest absolute Gasteiger partial charge is 0.226 e. The highest BCUT2D eigenvalue weighted by Crippen LogP contribution is 2.60. The van der Waals surface area contributed by atoms with Crippen LogP contribution in [0, 0.1) is 23.2 Å². The Kier molecular flexibility index (Phi) is 3.72. The van der Waals surface area contributed by atoms with Crippen LogP contribution in [0.1, 0.15) is 61.9 Å². The van der Waals surface area contributed by atoms with Crippen LogP contribution in [-0.4, -0.2) is 15.7 Å². The number of hydrogen-bond acceptors (Lipinski definition) is 2. The second kappa shape index (κ2) is 6.20. The Morgan fingerprint density at radius 2 is 1.71 bits per heavy atom. The molecule has 4 nitrogen and oxygen atoms in total. The molecule has 1 amide bonds. The highest BCUT2D eigenvalue weighted by molar-refractivity contribution is 5.83. The molecule has 4 fully saturated rings. The third-order valence-electron chi connectivity index (χ3n) is 7.95. The molecule has 0 spiro atoms. The average molecular weight is 376 g/mol. The molecule has 4 bridgehead atoms. The standard InChI is InChI=1S/C24H29N3O/c28-23(24-12-16-9-17(13-24)11-18(10-16)14-24)25-15-21-20-7-4-8-22(20)27(26-21)19-5-2-1-3-6-19/h1-3,5-6,16-18H,4,7-15H2,(H,25,28). The fourth-order valence-corrected chi connectivity index (χ4v) is 7.18. The Labute approximate surface area is 166 Å². The van der Waals surface area contributed by atoms with E-state index in [9.17, 15) is 4.79 Å². The molecule has 1 heterocycles. The second-order valence-corrected chi connectivity index (χ2v) is 9.85. The predicted molar refractivity (Wildman–Crippen MR) is 108 cm³/mol. The molecule has 1 aromatic carbocycles. The molecule has 5 aliphatic rings. The Bertz CT molecular complexity index is 878. The van der Waals surface area contributed by atoms with E-state index in [1.165, 1.54) is 36.9 Å². The van der Waals surface area contributed by atoms with Gasteiger partial charge in [0.05, 0.1) is 17.9 Å². The lowest BCUT2D eigenvalue weighted by molar-refractivity contribution is -0.146. The van der Waals surface area contributed by atoms with Gasteiger partial charge in [0, 0.05) is 11.1 Å². The van der Waals surface area contributed by atoms with Crippen LogP contribution in [0.4, 0.5) is 0 Å². The zero-order chi connectivity index (χ0) is 18.7. The molecule has 0 radical (unpaired) electrons. The Balaban J connectivity index is 1.23. The van der Waals surface area contributed by atoms with Gasteiger partial charge < -0.3 is 5.32 Å². The number of fused-ring (bicyclic) bond motifs is 1. The maximum atomic E-state index is 13.3. The molecule has 5 aliphatic carbocycles. The molecule has 0 atom stereocenters. The van der Waals surface area contributed by atoms with Gasteiger partial charge in [-0.3, -0.25) is 4.79 Å². The number of aromatic nitrogens is 2. The molecule has 146 valence electrons. The first-order valence-corrected chi connectivity index (χ1v) is 11.1. The molecule has 7 rings (SSSR count). The zero-order valence-electron chi connectivity index (χ0n) is 16.5. The van der Waals surface area contributed by atoms with Crippen molar-refractivity contribution >= 4 is 5.91 Å². The number of hydrogen-bond donors (Lipinski definition) is 1. The summed E-state index contributed by atoms with van der Waals surface area (Å²) in [4.78, 5) is 13.3. The van der Waals surface area contributed by atoms with Crippen molar-refractivity contribution in [2.45, 2.75) is 64.3 Å². The lowest BCUT2D eigenvalue weighted by Gasteiger charge is -2.55. The van der Waals surface area contributed by atoms with E-state index in [1.54, 1.807) is 0 Å². The number of amides is 1. The van der Waals surface area contributed by atoms with Crippen molar-refractivity contribution in [3.8, 4) is 5.69 Å². The molecule has 4 heteroatoms. The summed E-state index contributed by atoms with van der Waals surface area (Å²) in [5, 5.41) is 8.26. The summed E-state index contributed by atoms with van der Waals surface area (Å²) in [6.45, 7) is 0.586. The van der Waals surface area contributed by atoms with Crippen molar-refractivity contribution in [2.24, 2.45) is 23.2 Å². The number of benzene rings is 1. The number of rotatable bonds is 4. The Morgan fingerprint density at radius 1 is 1.04 bits per heavy atom. The van der Waals surface area contributed by atoms with E-state index >= 15 is 0 Å². The average Bonchev–Trinajstić information content (AvgIpc) is 3.29. The van der Waals surface area contributed by atoms with Gasteiger partial charge in [-0.15, -0.1) is 0 Å². The van der Waals surface area contributed by atoms with Crippen LogP contribution in [-0.2, 0) is 24.2 Å². The maximum absolute atomic E-state index is 13.3. The maximum Gasteiger partial charge on any atom is 0.226 e. The van der Waals surface area contributed by atoms with Gasteiger partial charge in [0.2, 0.25) is 5.91 Å². The number of carbonyl (C=O) groups is 1. The van der Waals surface area contributed by atoms with E-state index in [0.717, 1.165) is 61.2 Å². The second-order valence-electron chi connectivity index (χ2n) is 9.85. The van der Waals surface area contributed by atoms with Crippen molar-refractivity contribution in [3.63, 3.8) is 0 Å². The van der Waals surface area contributed by atoms with Crippen molar-refractivity contribution in [1.29, 1.82) is 0 Å². The highest BCUT2D eigenvalue weighted by atomic mass is 16.2. The molecular formula is C24H29N3O. The Morgan fingerprint density at radius 3 is 2.39 bits per heavy atom. The van der Waals surface area contributed by atoms with Gasteiger partial charge in [-0.2, -0.15) is 5.10 Å². The molecule has 0 aliphatic heterocycles. The number of carbonyl (C=O) groups excluding carboxylic acids is 1. The minimum Gasteiger partial charge on any atom is -0.350 e. The zero-order valence-corrected chi connectivity index (χ0v) is 16.5. The number of para-hydroxylation sites is 1. The van der Waals surface area contributed by atoms with Gasteiger partial charge in [0.25, 0.3) is 0 Å². The Hall–Kier alpha value is -2.10. The van der Waals surface area contributed by atoms with E-state index < -0.39 is 0 Å². The van der Waals surface area contributed by atoms with E-state index in [1.807, 2.05) is 6.07 Å². The van der Waals surface area contributed by atoms with Crippen molar-refractivity contribution in [3.05, 3.63) is 47.3 Å². The van der Waals surface area contributed by atoms with E-state index in [0.29, 0.717) is 12.5 Å². The molecule has 4 saturated carbocycles. The molecule has 0 unspecified atom stereocenters. The lowest BCUT2D eigenvalue weighted by atomic mass is 9.49. The van der Waals surface area contributed by atoms with Gasteiger partial charge in [-0.1, -0.05) is 18.2 Å². The third kappa shape index (κ3) is 2.57. The van der Waals surface area contributed by atoms with Gasteiger partial charge in [0.1, 0.15) is 0 Å². The van der Waals surface area contributed by atoms with Gasteiger partial charge in [-0.05, 0) is 93.2 Å². The molecule has 1 N–H and O–H groups in total. The van der Waals surface area contributed by atoms with Crippen LogP contribution in [0.25, 0.3) is 5.69 Å². The monoisotopic (exact) mass is 375 g/mol. The van der Waals surface area contributed by atoms with Crippen molar-refractivity contribution in [2.75, 3.05) is 0 Å². The third-order valence-corrected chi connectivity index (χ3v) is 7.95. The molecule has 1 aromatic heterocycles. The first kappa shape index (κ1) is 16.8. The first-order valence-electron chi connectivity index (χ1n) is 11.1. The fourth-order valence-electron chi connectivity index (χ4n) is 7.18. The predicted octanol–water partition coefficient (Wildman–Crippen LogP) is 4.19. The van der Waals surface area contributed by atoms with Crippen LogP contribution >= 0.6 is 0 Å². The molecule has 2 aromatic rings. The summed E-state index contributed by atoms with van der Waals surface area (Å²) >= 11 is 0. The summed E-state index contributed by atoms with van der Waals surface area (Å²) in [6, 6.07) is 10.4. The molecular weight excluding hydrogens is 346 g/mol. The number of nitrogens with zero attached hydrogens (tertiary/aromatic N) is 2. The summed E-state index contributed by atoms with van der Waals surface area (Å²) < 4.78 is 2.11. The van der Waals surface area contributed by atoms with Crippen molar-refractivity contribution in [1.82, 2.24) is 15.1 Å². The summed E-state index contributed by atoms with van der Waals surface area (Å²) in [7, 11) is 0. The topological polar surface area (TPSA) is 46.9 Å². The first-order chi connectivity index (χ1) is 13.7. The minimum atomic E-state index is -0.0695. The molecule has 28 heavy (non-hydrogen) atoms. The minimum absolute atomic E-state index is 0.0695. The SMILES string of the molecule is O=C(NCc1nn(-c2ccccc2)c2c1CCC2)C12CC3CC(CC(C3)C1)C2. The summed E-state index contributed by atoms with van der Waals surface area (Å²) in [5.74, 6) is 2.73. The van der Waals surface area contributed by atoms with E-state index in [2.05, 4.69) is 34.3 Å². The van der Waals surface area contributed by atoms with Crippen LogP contribution < -0.4 is 5.32 Å². The molecule has 0 saturated heterocycles. The van der Waals surface area contributed by atoms with Gasteiger partial charge in [0.15, 0.2) is 0 Å². The summed E-state index contributed by atoms with van der Waals surface area (Å²) in [6.07, 6.45) is 10.9. The van der Waals surface area contributed by atoms with E-state index in [-0.39, 0.29) is 5.41 Å². The van der Waals surface area contributed by atoms with Crippen LogP contribution in [0.15, 0.2) is 30.3 Å².